The van der Waals surface area contributed by atoms with Gasteiger partial charge in [-0.2, -0.15) is 0 Å². The molecule has 0 bridgehead atoms. The van der Waals surface area contributed by atoms with Crippen molar-refractivity contribution < 1.29 is 14.3 Å². The number of rotatable bonds is 8. The molecule has 0 saturated heterocycles. The first kappa shape index (κ1) is 18.5. The van der Waals surface area contributed by atoms with E-state index in [-0.39, 0.29) is 5.91 Å². The standard InChI is InChI=1S/C18H20ClNO3S/c1-22-16-5-3-4-14(18(16)23-2)10-20-17(21)12-24-11-13-6-8-15(19)9-7-13/h3-9H,10-12H2,1-2H3,(H,20,21). The van der Waals surface area contributed by atoms with E-state index in [9.17, 15) is 4.79 Å². The van der Waals surface area contributed by atoms with Crippen LogP contribution in [0, 0.1) is 0 Å². The summed E-state index contributed by atoms with van der Waals surface area (Å²) in [5, 5.41) is 3.62. The monoisotopic (exact) mass is 365 g/mol. The van der Waals surface area contributed by atoms with Crippen molar-refractivity contribution in [2.45, 2.75) is 12.3 Å². The third-order valence-electron chi connectivity index (χ3n) is 3.38. The third-order valence-corrected chi connectivity index (χ3v) is 4.63. The van der Waals surface area contributed by atoms with E-state index >= 15 is 0 Å². The lowest BCUT2D eigenvalue weighted by atomic mass is 10.2. The van der Waals surface area contributed by atoms with Gasteiger partial charge in [-0.1, -0.05) is 35.9 Å². The van der Waals surface area contributed by atoms with E-state index < -0.39 is 0 Å². The maximum Gasteiger partial charge on any atom is 0.230 e. The van der Waals surface area contributed by atoms with Gasteiger partial charge in [-0.05, 0) is 23.8 Å². The molecule has 0 atom stereocenters. The number of carbonyl (C=O) groups is 1. The molecule has 0 fully saturated rings. The van der Waals surface area contributed by atoms with E-state index in [0.29, 0.717) is 28.8 Å². The molecule has 2 aromatic carbocycles. The third kappa shape index (κ3) is 5.35. The van der Waals surface area contributed by atoms with Crippen LogP contribution in [0.15, 0.2) is 42.5 Å². The zero-order valence-corrected chi connectivity index (χ0v) is 15.2. The fraction of sp³-hybridized carbons (Fsp3) is 0.278. The number of carbonyl (C=O) groups excluding carboxylic acids is 1. The molecule has 2 aromatic rings. The van der Waals surface area contributed by atoms with Gasteiger partial charge in [-0.25, -0.2) is 0 Å². The molecule has 1 amide bonds. The highest BCUT2D eigenvalue weighted by molar-refractivity contribution is 7.99. The van der Waals surface area contributed by atoms with Gasteiger partial charge in [0.1, 0.15) is 0 Å². The zero-order chi connectivity index (χ0) is 17.4. The van der Waals surface area contributed by atoms with E-state index in [4.69, 9.17) is 21.1 Å². The van der Waals surface area contributed by atoms with Gasteiger partial charge in [0.2, 0.25) is 5.91 Å². The molecule has 0 spiro atoms. The fourth-order valence-corrected chi connectivity index (χ4v) is 3.12. The minimum Gasteiger partial charge on any atom is -0.493 e. The van der Waals surface area contributed by atoms with E-state index in [1.807, 2.05) is 42.5 Å². The van der Waals surface area contributed by atoms with Crippen LogP contribution in [0.4, 0.5) is 0 Å². The molecule has 128 valence electrons. The number of benzene rings is 2. The van der Waals surface area contributed by atoms with Gasteiger partial charge in [-0.15, -0.1) is 11.8 Å². The van der Waals surface area contributed by atoms with Gasteiger partial charge in [-0.3, -0.25) is 4.79 Å². The van der Waals surface area contributed by atoms with Crippen LogP contribution in [-0.4, -0.2) is 25.9 Å². The molecule has 0 heterocycles. The highest BCUT2D eigenvalue weighted by atomic mass is 35.5. The molecule has 0 saturated carbocycles. The summed E-state index contributed by atoms with van der Waals surface area (Å²) in [6.07, 6.45) is 0. The lowest BCUT2D eigenvalue weighted by Crippen LogP contribution is -2.24. The number of halogens is 1. The van der Waals surface area contributed by atoms with Gasteiger partial charge in [0.05, 0.1) is 20.0 Å². The molecule has 0 unspecified atom stereocenters. The lowest BCUT2D eigenvalue weighted by molar-refractivity contribution is -0.118. The summed E-state index contributed by atoms with van der Waals surface area (Å²) < 4.78 is 10.6. The van der Waals surface area contributed by atoms with Crippen molar-refractivity contribution >= 4 is 29.3 Å². The first-order chi connectivity index (χ1) is 11.6. The average Bonchev–Trinajstić information content (AvgIpc) is 2.61. The minimum atomic E-state index is -0.0150. The smallest absolute Gasteiger partial charge is 0.230 e. The van der Waals surface area contributed by atoms with E-state index in [2.05, 4.69) is 5.32 Å². The summed E-state index contributed by atoms with van der Waals surface area (Å²) in [5.41, 5.74) is 2.03. The Bertz CT molecular complexity index is 676. The van der Waals surface area contributed by atoms with Crippen LogP contribution in [0.25, 0.3) is 0 Å². The molecule has 2 rings (SSSR count). The number of para-hydroxylation sites is 1. The lowest BCUT2D eigenvalue weighted by Gasteiger charge is -2.13. The first-order valence-corrected chi connectivity index (χ1v) is 8.96. The Labute approximate surface area is 151 Å². The van der Waals surface area contributed by atoms with Crippen molar-refractivity contribution in [3.05, 3.63) is 58.6 Å². The maximum atomic E-state index is 12.0. The van der Waals surface area contributed by atoms with Gasteiger partial charge in [0.25, 0.3) is 0 Å². The Morgan fingerprint density at radius 3 is 2.54 bits per heavy atom. The first-order valence-electron chi connectivity index (χ1n) is 7.42. The Kier molecular flexibility index (Phi) is 7.28. The van der Waals surface area contributed by atoms with Crippen molar-refractivity contribution in [1.82, 2.24) is 5.32 Å². The second kappa shape index (κ2) is 9.45. The highest BCUT2D eigenvalue weighted by Gasteiger charge is 2.10. The maximum absolute atomic E-state index is 12.0. The molecule has 0 aliphatic rings. The molecule has 0 aromatic heterocycles. The number of hydrogen-bond acceptors (Lipinski definition) is 4. The van der Waals surface area contributed by atoms with Crippen LogP contribution in [0.3, 0.4) is 0 Å². The van der Waals surface area contributed by atoms with Gasteiger partial charge in [0, 0.05) is 22.9 Å². The van der Waals surface area contributed by atoms with Crippen LogP contribution in [0.2, 0.25) is 5.02 Å². The van der Waals surface area contributed by atoms with Crippen LogP contribution < -0.4 is 14.8 Å². The number of amides is 1. The molecule has 6 heteroatoms. The Hall–Kier alpha value is -1.85. The normalized spacial score (nSPS) is 10.3. The summed E-state index contributed by atoms with van der Waals surface area (Å²) in [7, 11) is 3.18. The molecule has 0 radical (unpaired) electrons. The molecule has 24 heavy (non-hydrogen) atoms. The van der Waals surface area contributed by atoms with Crippen molar-refractivity contribution in [1.29, 1.82) is 0 Å². The predicted octanol–water partition coefficient (Wildman–Crippen LogP) is 3.91. The molecule has 0 aliphatic heterocycles. The Morgan fingerprint density at radius 1 is 1.12 bits per heavy atom. The molecular weight excluding hydrogens is 346 g/mol. The predicted molar refractivity (Wildman–Crippen MR) is 99.0 cm³/mol. The van der Waals surface area contributed by atoms with E-state index in [1.165, 1.54) is 0 Å². The quantitative estimate of drug-likeness (QED) is 0.770. The molecule has 4 nitrogen and oxygen atoms in total. The summed E-state index contributed by atoms with van der Waals surface area (Å²) >= 11 is 7.41. The van der Waals surface area contributed by atoms with Crippen LogP contribution >= 0.6 is 23.4 Å². The molecule has 0 aliphatic carbocycles. The fourth-order valence-electron chi connectivity index (χ4n) is 2.18. The highest BCUT2D eigenvalue weighted by Crippen LogP contribution is 2.30. The minimum absolute atomic E-state index is 0.0150. The Morgan fingerprint density at radius 2 is 1.88 bits per heavy atom. The number of ether oxygens (including phenoxy) is 2. The number of hydrogen-bond donors (Lipinski definition) is 1. The number of thioether (sulfide) groups is 1. The summed E-state index contributed by atoms with van der Waals surface area (Å²) in [5.74, 6) is 2.46. The van der Waals surface area contributed by atoms with Crippen molar-refractivity contribution in [3.63, 3.8) is 0 Å². The van der Waals surface area contributed by atoms with Gasteiger partial charge < -0.3 is 14.8 Å². The number of nitrogens with one attached hydrogen (secondary N) is 1. The molecule has 1 N–H and O–H groups in total. The van der Waals surface area contributed by atoms with Crippen LogP contribution in [0.1, 0.15) is 11.1 Å². The topological polar surface area (TPSA) is 47.6 Å². The van der Waals surface area contributed by atoms with Crippen LogP contribution in [0.5, 0.6) is 11.5 Å². The zero-order valence-electron chi connectivity index (χ0n) is 13.7. The Balaban J connectivity index is 1.80. The molecular formula is C18H20ClNO3S. The average molecular weight is 366 g/mol. The van der Waals surface area contributed by atoms with Crippen molar-refractivity contribution in [3.8, 4) is 11.5 Å². The summed E-state index contributed by atoms with van der Waals surface area (Å²) in [6, 6.07) is 13.2. The summed E-state index contributed by atoms with van der Waals surface area (Å²) in [6.45, 7) is 0.403. The number of methoxy groups -OCH3 is 2. The van der Waals surface area contributed by atoms with Gasteiger partial charge >= 0.3 is 0 Å². The summed E-state index contributed by atoms with van der Waals surface area (Å²) in [4.78, 5) is 12.0. The van der Waals surface area contributed by atoms with Crippen molar-refractivity contribution in [2.24, 2.45) is 0 Å². The second-order valence-corrected chi connectivity index (χ2v) is 6.47. The van der Waals surface area contributed by atoms with E-state index in [0.717, 1.165) is 16.9 Å². The van der Waals surface area contributed by atoms with Crippen LogP contribution in [-0.2, 0) is 17.1 Å². The SMILES string of the molecule is COc1cccc(CNC(=O)CSCc2ccc(Cl)cc2)c1OC. The van der Waals surface area contributed by atoms with E-state index in [1.54, 1.807) is 26.0 Å². The van der Waals surface area contributed by atoms with Crippen molar-refractivity contribution in [2.75, 3.05) is 20.0 Å². The second-order valence-electron chi connectivity index (χ2n) is 5.05. The largest absolute Gasteiger partial charge is 0.493 e. The van der Waals surface area contributed by atoms with Gasteiger partial charge in [0.15, 0.2) is 11.5 Å².